The van der Waals surface area contributed by atoms with Gasteiger partial charge in [-0.2, -0.15) is 0 Å². The van der Waals surface area contributed by atoms with Gasteiger partial charge in [-0.25, -0.2) is 27.1 Å². The number of aliphatic imine (C=N–C) groups is 1. The maximum Gasteiger partial charge on any atom is 0.274 e. The number of aromatic nitrogens is 1. The van der Waals surface area contributed by atoms with Crippen molar-refractivity contribution in [3.05, 3.63) is 53.6 Å². The molecule has 3 N–H and O–H groups in total. The minimum atomic E-state index is -3.94. The third-order valence-electron chi connectivity index (χ3n) is 5.70. The Hall–Kier alpha value is -3.25. The number of hydrogen-bond donors (Lipinski definition) is 2. The minimum absolute atomic E-state index is 0.0194. The van der Waals surface area contributed by atoms with Gasteiger partial charge in [-0.05, 0) is 30.3 Å². The maximum absolute atomic E-state index is 15.0. The van der Waals surface area contributed by atoms with Crippen LogP contribution in [-0.4, -0.2) is 62.2 Å². The Bertz CT molecular complexity index is 1190. The lowest BCUT2D eigenvalue weighted by Crippen LogP contribution is -2.61. The summed E-state index contributed by atoms with van der Waals surface area (Å²) in [6.45, 7) is 0.0214. The van der Waals surface area contributed by atoms with Gasteiger partial charge in [0, 0.05) is 31.3 Å². The molecule has 1 amide bonds. The van der Waals surface area contributed by atoms with Gasteiger partial charge in [-0.1, -0.05) is 0 Å². The van der Waals surface area contributed by atoms with Gasteiger partial charge < -0.3 is 20.5 Å². The van der Waals surface area contributed by atoms with Crippen molar-refractivity contribution < 1.29 is 27.1 Å². The van der Waals surface area contributed by atoms with E-state index in [1.807, 2.05) is 0 Å². The number of benzene rings is 1. The molecule has 3 heterocycles. The molecule has 2 aromatic rings. The van der Waals surface area contributed by atoms with Crippen molar-refractivity contribution in [3.8, 4) is 5.75 Å². The van der Waals surface area contributed by atoms with Crippen LogP contribution in [0, 0.1) is 5.82 Å². The summed E-state index contributed by atoms with van der Waals surface area (Å²) in [7, 11) is -1.17. The average molecular weight is 463 g/mol. The lowest BCUT2D eigenvalue weighted by Gasteiger charge is -2.45. The number of methoxy groups -OCH3 is 1. The number of amides is 1. The van der Waals surface area contributed by atoms with Crippen LogP contribution in [0.1, 0.15) is 22.5 Å². The number of guanidine groups is 1. The maximum atomic E-state index is 15.0. The summed E-state index contributed by atoms with van der Waals surface area (Å²) in [6.07, 6.45) is 1.51. The Labute approximate surface area is 184 Å². The molecule has 1 unspecified atom stereocenters. The second kappa shape index (κ2) is 8.02. The van der Waals surface area contributed by atoms with E-state index in [1.165, 1.54) is 38.6 Å². The molecule has 4 rings (SSSR count). The molecule has 10 nitrogen and oxygen atoms in total. The highest BCUT2D eigenvalue weighted by Gasteiger charge is 2.55. The van der Waals surface area contributed by atoms with Crippen molar-refractivity contribution in [2.75, 3.05) is 32.7 Å². The van der Waals surface area contributed by atoms with E-state index in [-0.39, 0.29) is 42.5 Å². The van der Waals surface area contributed by atoms with Crippen LogP contribution in [0.5, 0.6) is 5.75 Å². The van der Waals surface area contributed by atoms with Crippen LogP contribution in [0.3, 0.4) is 0 Å². The van der Waals surface area contributed by atoms with Gasteiger partial charge in [0.15, 0.2) is 0 Å². The number of sulfonamides is 1. The fraction of sp³-hybridized carbons (Fsp3) is 0.350. The number of hydrogen-bond acceptors (Lipinski definition) is 8. The van der Waals surface area contributed by atoms with Crippen LogP contribution in [0.15, 0.2) is 41.5 Å². The Morgan fingerprint density at radius 2 is 2.16 bits per heavy atom. The monoisotopic (exact) mass is 463 g/mol. The first-order valence-corrected chi connectivity index (χ1v) is 11.2. The van der Waals surface area contributed by atoms with Crippen molar-refractivity contribution in [2.24, 2.45) is 10.7 Å². The average Bonchev–Trinajstić information content (AvgIpc) is 2.79. The summed E-state index contributed by atoms with van der Waals surface area (Å²) >= 11 is 0. The van der Waals surface area contributed by atoms with E-state index in [0.29, 0.717) is 5.75 Å². The lowest BCUT2D eigenvalue weighted by atomic mass is 9.82. The molecule has 0 spiro atoms. The topological polar surface area (TPSA) is 136 Å². The van der Waals surface area contributed by atoms with Crippen molar-refractivity contribution in [2.45, 2.75) is 17.2 Å². The number of fused-ring (bicyclic) bond motifs is 1. The Morgan fingerprint density at radius 3 is 2.84 bits per heavy atom. The first-order valence-electron chi connectivity index (χ1n) is 9.71. The molecule has 1 aromatic heterocycles. The molecule has 2 aliphatic heterocycles. The summed E-state index contributed by atoms with van der Waals surface area (Å²) in [5, 5.41) is 1.49. The lowest BCUT2D eigenvalue weighted by molar-refractivity contribution is 0.0521. The van der Waals surface area contributed by atoms with E-state index >= 15 is 4.39 Å². The van der Waals surface area contributed by atoms with E-state index in [1.54, 1.807) is 6.07 Å². The summed E-state index contributed by atoms with van der Waals surface area (Å²) in [5.74, 6) is -0.923. The quantitative estimate of drug-likeness (QED) is 0.692. The van der Waals surface area contributed by atoms with Crippen molar-refractivity contribution in [1.29, 1.82) is 0 Å². The van der Waals surface area contributed by atoms with Gasteiger partial charge in [0.05, 0.1) is 19.9 Å². The molecule has 1 fully saturated rings. The molecule has 0 saturated carbocycles. The first-order chi connectivity index (χ1) is 15.2. The predicted molar refractivity (Wildman–Crippen MR) is 114 cm³/mol. The molecule has 0 aliphatic carbocycles. The smallest absolute Gasteiger partial charge is 0.274 e. The normalized spacial score (nSPS) is 24.3. The zero-order valence-electron chi connectivity index (χ0n) is 17.4. The Kier molecular flexibility index (Phi) is 5.51. The minimum Gasteiger partial charge on any atom is -0.495 e. The van der Waals surface area contributed by atoms with Crippen molar-refractivity contribution in [3.63, 3.8) is 0 Å². The molecule has 0 radical (unpaired) electrons. The number of anilines is 1. The van der Waals surface area contributed by atoms with Gasteiger partial charge in [0.25, 0.3) is 5.91 Å². The zero-order chi connectivity index (χ0) is 23.1. The molecule has 1 saturated heterocycles. The van der Waals surface area contributed by atoms with Gasteiger partial charge in [0.2, 0.25) is 16.0 Å². The standard InChI is InChI=1S/C20H22FN5O5S/c1-26-19(22)25-20(7-8-31-11-17(20)32(26,28)29)14-9-12(3-5-15(14)21)24-18(27)16-6-4-13(30-2)10-23-16/h3-6,9-10,17H,7-8,11H2,1-2H3,(H2,22,25)(H,24,27)/t17?,20-/m1/s1. The van der Waals surface area contributed by atoms with E-state index in [2.05, 4.69) is 15.3 Å². The molecule has 12 heteroatoms. The first kappa shape index (κ1) is 22.0. The van der Waals surface area contributed by atoms with E-state index in [9.17, 15) is 13.2 Å². The number of ether oxygens (including phenoxy) is 2. The fourth-order valence-electron chi connectivity index (χ4n) is 3.91. The number of halogens is 1. The van der Waals surface area contributed by atoms with Crippen LogP contribution in [0.2, 0.25) is 0 Å². The largest absolute Gasteiger partial charge is 0.495 e. The van der Waals surface area contributed by atoms with Crippen molar-refractivity contribution >= 4 is 27.6 Å². The zero-order valence-corrected chi connectivity index (χ0v) is 18.2. The number of nitrogens with two attached hydrogens (primary N) is 1. The summed E-state index contributed by atoms with van der Waals surface area (Å²) in [6, 6.07) is 6.99. The summed E-state index contributed by atoms with van der Waals surface area (Å²) < 4.78 is 52.4. The van der Waals surface area contributed by atoms with E-state index in [4.69, 9.17) is 15.2 Å². The van der Waals surface area contributed by atoms with Gasteiger partial charge >= 0.3 is 0 Å². The van der Waals surface area contributed by atoms with Crippen LogP contribution in [-0.2, 0) is 20.3 Å². The molecule has 1 aromatic carbocycles. The van der Waals surface area contributed by atoms with Gasteiger partial charge in [-0.15, -0.1) is 0 Å². The van der Waals surface area contributed by atoms with Crippen LogP contribution in [0.4, 0.5) is 10.1 Å². The molecular weight excluding hydrogens is 441 g/mol. The Balaban J connectivity index is 1.74. The molecule has 0 bridgehead atoms. The fourth-order valence-corrected chi connectivity index (χ4v) is 5.65. The number of rotatable bonds is 4. The highest BCUT2D eigenvalue weighted by molar-refractivity contribution is 7.90. The third-order valence-corrected chi connectivity index (χ3v) is 7.90. The SMILES string of the molecule is COc1ccc(C(=O)Nc2ccc(F)c([C@]34CCOCC3S(=O)(=O)N(C)C(N)=N4)c2)nc1. The number of nitrogens with one attached hydrogen (secondary N) is 1. The molecule has 32 heavy (non-hydrogen) atoms. The number of pyridine rings is 1. The highest BCUT2D eigenvalue weighted by Crippen LogP contribution is 2.44. The van der Waals surface area contributed by atoms with Crippen LogP contribution in [0.25, 0.3) is 0 Å². The van der Waals surface area contributed by atoms with Crippen LogP contribution >= 0.6 is 0 Å². The third kappa shape index (κ3) is 3.54. The molecule has 2 aliphatic rings. The van der Waals surface area contributed by atoms with E-state index in [0.717, 1.165) is 10.4 Å². The second-order valence-electron chi connectivity index (χ2n) is 7.45. The molecule has 170 valence electrons. The number of carbonyl (C=O) groups is 1. The summed E-state index contributed by atoms with van der Waals surface area (Å²) in [5.41, 5.74) is 4.83. The number of carbonyl (C=O) groups excluding carboxylic acids is 1. The van der Waals surface area contributed by atoms with Gasteiger partial charge in [-0.3, -0.25) is 4.79 Å². The predicted octanol–water partition coefficient (Wildman–Crippen LogP) is 1.06. The van der Waals surface area contributed by atoms with Crippen LogP contribution < -0.4 is 15.8 Å². The number of nitrogens with zero attached hydrogens (tertiary/aromatic N) is 3. The van der Waals surface area contributed by atoms with Crippen molar-refractivity contribution in [1.82, 2.24) is 9.29 Å². The summed E-state index contributed by atoms with van der Waals surface area (Å²) in [4.78, 5) is 21.0. The Morgan fingerprint density at radius 1 is 1.38 bits per heavy atom. The highest BCUT2D eigenvalue weighted by atomic mass is 32.2. The molecular formula is C20H22FN5O5S. The van der Waals surface area contributed by atoms with E-state index < -0.39 is 32.5 Å². The second-order valence-corrected chi connectivity index (χ2v) is 9.60. The van der Waals surface area contributed by atoms with Gasteiger partial charge in [0.1, 0.15) is 28.0 Å². The molecule has 2 atom stereocenters.